The van der Waals surface area contributed by atoms with Crippen molar-refractivity contribution in [3.8, 4) is 5.75 Å². The molecule has 1 atom stereocenters. The highest BCUT2D eigenvalue weighted by Crippen LogP contribution is 2.33. The fourth-order valence-corrected chi connectivity index (χ4v) is 3.00. The van der Waals surface area contributed by atoms with Crippen molar-refractivity contribution in [2.75, 3.05) is 14.2 Å². The molecule has 0 spiro atoms. The molecule has 0 bridgehead atoms. The second-order valence-electron chi connectivity index (χ2n) is 4.75. The van der Waals surface area contributed by atoms with Crippen LogP contribution in [0.4, 0.5) is 8.78 Å². The van der Waals surface area contributed by atoms with Crippen molar-refractivity contribution >= 4 is 15.9 Å². The summed E-state index contributed by atoms with van der Waals surface area (Å²) >= 11 is 3.45. The number of hydrogen-bond donors (Lipinski definition) is 1. The van der Waals surface area contributed by atoms with E-state index >= 15 is 0 Å². The monoisotopic (exact) mass is 355 g/mol. The Morgan fingerprint density at radius 3 is 2.24 bits per heavy atom. The molecule has 5 heteroatoms. The van der Waals surface area contributed by atoms with Gasteiger partial charge in [-0.2, -0.15) is 0 Å². The zero-order valence-corrected chi connectivity index (χ0v) is 13.6. The maximum Gasteiger partial charge on any atom is 0.134 e. The number of nitrogens with one attached hydrogen (secondary N) is 1. The lowest BCUT2D eigenvalue weighted by atomic mass is 9.97. The average Bonchev–Trinajstić information content (AvgIpc) is 2.43. The molecule has 0 aromatic heterocycles. The Labute approximate surface area is 131 Å². The van der Waals surface area contributed by atoms with Gasteiger partial charge in [0.1, 0.15) is 17.4 Å². The Kier molecular flexibility index (Phi) is 4.96. The highest BCUT2D eigenvalue weighted by Gasteiger charge is 2.23. The van der Waals surface area contributed by atoms with Gasteiger partial charge in [-0.15, -0.1) is 0 Å². The smallest absolute Gasteiger partial charge is 0.134 e. The molecule has 2 aromatic carbocycles. The third-order valence-corrected chi connectivity index (χ3v) is 4.02. The molecular weight excluding hydrogens is 340 g/mol. The zero-order chi connectivity index (χ0) is 15.6. The normalized spacial score (nSPS) is 12.3. The van der Waals surface area contributed by atoms with Gasteiger partial charge in [-0.3, -0.25) is 0 Å². The van der Waals surface area contributed by atoms with Crippen LogP contribution < -0.4 is 10.1 Å². The minimum atomic E-state index is -0.640. The van der Waals surface area contributed by atoms with Crippen molar-refractivity contribution in [1.82, 2.24) is 5.32 Å². The maximum atomic E-state index is 14.3. The predicted octanol–water partition coefficient (Wildman–Crippen LogP) is 4.35. The van der Waals surface area contributed by atoms with Crippen LogP contribution in [0.2, 0.25) is 0 Å². The van der Waals surface area contributed by atoms with Crippen LogP contribution in [0.15, 0.2) is 34.8 Å². The largest absolute Gasteiger partial charge is 0.497 e. The van der Waals surface area contributed by atoms with Crippen molar-refractivity contribution in [1.29, 1.82) is 0 Å². The predicted molar refractivity (Wildman–Crippen MR) is 82.7 cm³/mol. The molecule has 0 saturated carbocycles. The Hall–Kier alpha value is -1.46. The van der Waals surface area contributed by atoms with Crippen molar-refractivity contribution < 1.29 is 13.5 Å². The van der Waals surface area contributed by atoms with Crippen LogP contribution in [0.1, 0.15) is 22.7 Å². The summed E-state index contributed by atoms with van der Waals surface area (Å²) in [5.74, 6) is -1.12. The number of ether oxygens (including phenoxy) is 1. The van der Waals surface area contributed by atoms with Crippen molar-refractivity contribution in [2.24, 2.45) is 0 Å². The van der Waals surface area contributed by atoms with Gasteiger partial charge in [-0.05, 0) is 31.2 Å². The van der Waals surface area contributed by atoms with E-state index in [2.05, 4.69) is 21.2 Å². The van der Waals surface area contributed by atoms with E-state index in [9.17, 15) is 8.78 Å². The lowest BCUT2D eigenvalue weighted by Crippen LogP contribution is -2.21. The Balaban J connectivity index is 2.56. The van der Waals surface area contributed by atoms with Crippen molar-refractivity contribution in [3.63, 3.8) is 0 Å². The van der Waals surface area contributed by atoms with E-state index < -0.39 is 17.7 Å². The molecule has 0 heterocycles. The first kappa shape index (κ1) is 15.9. The second kappa shape index (κ2) is 6.54. The van der Waals surface area contributed by atoms with Crippen molar-refractivity contribution in [3.05, 3.63) is 63.1 Å². The third-order valence-electron chi connectivity index (χ3n) is 3.33. The van der Waals surface area contributed by atoms with E-state index in [0.29, 0.717) is 0 Å². The minimum Gasteiger partial charge on any atom is -0.497 e. The molecule has 0 fully saturated rings. The Morgan fingerprint density at radius 2 is 1.76 bits per heavy atom. The molecule has 0 radical (unpaired) electrons. The lowest BCUT2D eigenvalue weighted by molar-refractivity contribution is 0.403. The first-order valence-electron chi connectivity index (χ1n) is 6.44. The van der Waals surface area contributed by atoms with E-state index in [1.807, 2.05) is 25.1 Å². The fourth-order valence-electron chi connectivity index (χ4n) is 2.28. The molecule has 112 valence electrons. The van der Waals surface area contributed by atoms with Gasteiger partial charge < -0.3 is 10.1 Å². The molecule has 2 rings (SSSR count). The van der Waals surface area contributed by atoms with Crippen LogP contribution in [-0.2, 0) is 0 Å². The van der Waals surface area contributed by atoms with Crippen LogP contribution in [0, 0.1) is 18.6 Å². The number of rotatable bonds is 4. The summed E-state index contributed by atoms with van der Waals surface area (Å²) in [5.41, 5.74) is 1.81. The van der Waals surface area contributed by atoms with Crippen LogP contribution in [0.25, 0.3) is 0 Å². The first-order chi connectivity index (χ1) is 9.97. The van der Waals surface area contributed by atoms with Gasteiger partial charge in [0, 0.05) is 22.2 Å². The molecule has 1 N–H and O–H groups in total. The molecule has 2 aromatic rings. The van der Waals surface area contributed by atoms with Gasteiger partial charge in [0.2, 0.25) is 0 Å². The molecule has 21 heavy (non-hydrogen) atoms. The average molecular weight is 356 g/mol. The van der Waals surface area contributed by atoms with Gasteiger partial charge in [0.05, 0.1) is 13.2 Å². The van der Waals surface area contributed by atoms with Crippen LogP contribution in [-0.4, -0.2) is 14.2 Å². The van der Waals surface area contributed by atoms with Gasteiger partial charge in [0.15, 0.2) is 0 Å². The number of benzene rings is 2. The molecule has 0 amide bonds. The highest BCUT2D eigenvalue weighted by molar-refractivity contribution is 9.10. The molecule has 0 aliphatic rings. The maximum absolute atomic E-state index is 14.3. The number of halogens is 3. The topological polar surface area (TPSA) is 21.3 Å². The van der Waals surface area contributed by atoms with E-state index in [-0.39, 0.29) is 11.3 Å². The van der Waals surface area contributed by atoms with E-state index in [4.69, 9.17) is 4.74 Å². The Morgan fingerprint density at radius 1 is 1.14 bits per heavy atom. The number of methoxy groups -OCH3 is 1. The molecular formula is C16H16BrF2NO. The number of hydrogen-bond acceptors (Lipinski definition) is 2. The first-order valence-corrected chi connectivity index (χ1v) is 7.23. The number of aryl methyl sites for hydroxylation is 1. The van der Waals surface area contributed by atoms with Gasteiger partial charge in [0.25, 0.3) is 0 Å². The summed E-state index contributed by atoms with van der Waals surface area (Å²) in [7, 11) is 3.04. The summed E-state index contributed by atoms with van der Waals surface area (Å²) in [6, 6.07) is 7.45. The summed E-state index contributed by atoms with van der Waals surface area (Å²) < 4.78 is 34.2. The molecule has 1 unspecified atom stereocenters. The van der Waals surface area contributed by atoms with E-state index in [1.54, 1.807) is 7.05 Å². The van der Waals surface area contributed by atoms with Gasteiger partial charge >= 0.3 is 0 Å². The van der Waals surface area contributed by atoms with Gasteiger partial charge in [-0.25, -0.2) is 8.78 Å². The SMILES string of the molecule is CNC(c1ccc(C)cc1Br)c1c(F)cc(OC)cc1F. The second-order valence-corrected chi connectivity index (χ2v) is 5.61. The Bertz CT molecular complexity index is 638. The lowest BCUT2D eigenvalue weighted by Gasteiger charge is -2.20. The fraction of sp³-hybridized carbons (Fsp3) is 0.250. The standard InChI is InChI=1S/C16H16BrF2NO/c1-9-4-5-11(12(17)6-9)16(20-2)15-13(18)7-10(21-3)8-14(15)19/h4-8,16,20H,1-3H3. The molecule has 0 aliphatic heterocycles. The molecule has 0 saturated heterocycles. The summed E-state index contributed by atoms with van der Waals surface area (Å²) in [6.45, 7) is 1.96. The summed E-state index contributed by atoms with van der Waals surface area (Å²) in [5, 5.41) is 2.96. The van der Waals surface area contributed by atoms with Crippen LogP contribution in [0.3, 0.4) is 0 Å². The summed E-state index contributed by atoms with van der Waals surface area (Å²) in [4.78, 5) is 0. The highest BCUT2D eigenvalue weighted by atomic mass is 79.9. The quantitative estimate of drug-likeness (QED) is 0.879. The van der Waals surface area contributed by atoms with Crippen molar-refractivity contribution in [2.45, 2.75) is 13.0 Å². The van der Waals surface area contributed by atoms with E-state index in [1.165, 1.54) is 19.2 Å². The molecule has 2 nitrogen and oxygen atoms in total. The van der Waals surface area contributed by atoms with Crippen LogP contribution in [0.5, 0.6) is 5.75 Å². The van der Waals surface area contributed by atoms with E-state index in [0.717, 1.165) is 15.6 Å². The summed E-state index contributed by atoms with van der Waals surface area (Å²) in [6.07, 6.45) is 0. The third kappa shape index (κ3) is 3.24. The van der Waals surface area contributed by atoms with Crippen LogP contribution >= 0.6 is 15.9 Å². The minimum absolute atomic E-state index is 0.0251. The molecule has 0 aliphatic carbocycles. The van der Waals surface area contributed by atoms with Gasteiger partial charge in [-0.1, -0.05) is 28.1 Å². The zero-order valence-electron chi connectivity index (χ0n) is 12.0.